The number of carboxylic acid groups (broad SMARTS) is 1. The molecule has 9 heteroatoms. The number of ketones is 1. The van der Waals surface area contributed by atoms with Crippen LogP contribution in [-0.2, 0) is 6.42 Å². The standard InChI is InChI=1S/C29H26N2O7/c1-14(13-32)4-6-16-7-5-15(2)22-20(12-31-24(16)22)25(33)28-26(34)23(27(38-28)29(35)36)19-11-30-21-9-8-17(37-3)10-18(19)21/h4-5,7-12,30-32,34H,6,13H2,1-3H3,(H,35,36). The molecule has 194 valence electrons. The van der Waals surface area contributed by atoms with Crippen LogP contribution in [-0.4, -0.2) is 50.8 Å². The van der Waals surface area contributed by atoms with E-state index in [1.54, 1.807) is 24.4 Å². The van der Waals surface area contributed by atoms with Crippen LogP contribution in [0.3, 0.4) is 0 Å². The van der Waals surface area contributed by atoms with Gasteiger partial charge in [-0.15, -0.1) is 0 Å². The Labute approximate surface area is 217 Å². The number of benzene rings is 2. The van der Waals surface area contributed by atoms with Gasteiger partial charge in [0.1, 0.15) is 5.75 Å². The lowest BCUT2D eigenvalue weighted by Gasteiger charge is -2.06. The van der Waals surface area contributed by atoms with Crippen molar-refractivity contribution < 1.29 is 34.1 Å². The van der Waals surface area contributed by atoms with Gasteiger partial charge in [-0.3, -0.25) is 4.79 Å². The van der Waals surface area contributed by atoms with Gasteiger partial charge in [-0.25, -0.2) is 4.79 Å². The number of methoxy groups -OCH3 is 1. The Bertz CT molecular complexity index is 1750. The van der Waals surface area contributed by atoms with Gasteiger partial charge in [0.05, 0.1) is 24.8 Å². The minimum absolute atomic E-state index is 0.0430. The molecule has 0 fully saturated rings. The van der Waals surface area contributed by atoms with Crippen molar-refractivity contribution in [1.29, 1.82) is 0 Å². The van der Waals surface area contributed by atoms with Gasteiger partial charge in [0.15, 0.2) is 5.75 Å². The highest BCUT2D eigenvalue weighted by molar-refractivity contribution is 6.19. The van der Waals surface area contributed by atoms with Crippen molar-refractivity contribution in [3.05, 3.63) is 82.6 Å². The first-order valence-corrected chi connectivity index (χ1v) is 11.9. The first kappa shape index (κ1) is 24.9. The number of aliphatic hydroxyl groups excluding tert-OH is 1. The molecule has 5 aromatic rings. The van der Waals surface area contributed by atoms with E-state index in [4.69, 9.17) is 9.15 Å². The number of carboxylic acids is 1. The SMILES string of the molecule is COc1ccc2[nH]cc(-c3c(C(=O)O)oc(C(=O)c4c[nH]c5c(CC=C(C)CO)ccc(C)c45)c3O)c2c1. The summed E-state index contributed by atoms with van der Waals surface area (Å²) >= 11 is 0. The van der Waals surface area contributed by atoms with Crippen molar-refractivity contribution in [2.75, 3.05) is 13.7 Å². The average molecular weight is 515 g/mol. The van der Waals surface area contributed by atoms with Gasteiger partial charge < -0.3 is 34.4 Å². The molecule has 0 radical (unpaired) electrons. The van der Waals surface area contributed by atoms with Crippen LogP contribution in [0, 0.1) is 6.92 Å². The summed E-state index contributed by atoms with van der Waals surface area (Å²) < 4.78 is 10.8. The summed E-state index contributed by atoms with van der Waals surface area (Å²) in [6.45, 7) is 3.65. The second-order valence-corrected chi connectivity index (χ2v) is 9.14. The maximum Gasteiger partial charge on any atom is 0.372 e. The van der Waals surface area contributed by atoms with E-state index in [2.05, 4.69) is 9.97 Å². The van der Waals surface area contributed by atoms with E-state index in [-0.39, 0.29) is 17.7 Å². The molecule has 38 heavy (non-hydrogen) atoms. The van der Waals surface area contributed by atoms with Gasteiger partial charge >= 0.3 is 5.97 Å². The molecule has 3 heterocycles. The van der Waals surface area contributed by atoms with Gasteiger partial charge in [-0.2, -0.15) is 0 Å². The molecule has 0 unspecified atom stereocenters. The number of allylic oxidation sites excluding steroid dienone is 1. The number of aromatic nitrogens is 2. The van der Waals surface area contributed by atoms with Crippen molar-refractivity contribution >= 4 is 33.6 Å². The van der Waals surface area contributed by atoms with Crippen LogP contribution in [0.15, 0.2) is 58.8 Å². The van der Waals surface area contributed by atoms with Crippen molar-refractivity contribution in [2.24, 2.45) is 0 Å². The van der Waals surface area contributed by atoms with Crippen LogP contribution < -0.4 is 4.74 Å². The third-order valence-electron chi connectivity index (χ3n) is 6.74. The molecule has 9 nitrogen and oxygen atoms in total. The number of fused-ring (bicyclic) bond motifs is 2. The van der Waals surface area contributed by atoms with Crippen LogP contribution in [0.25, 0.3) is 32.9 Å². The molecule has 5 N–H and O–H groups in total. The molecule has 0 saturated carbocycles. The molecule has 2 aromatic carbocycles. The predicted octanol–water partition coefficient (Wildman–Crippen LogP) is 5.34. The Morgan fingerprint density at radius 1 is 1.11 bits per heavy atom. The van der Waals surface area contributed by atoms with Crippen molar-refractivity contribution in [3.8, 4) is 22.6 Å². The van der Waals surface area contributed by atoms with Gasteiger partial charge in [0.2, 0.25) is 17.3 Å². The van der Waals surface area contributed by atoms with Crippen molar-refractivity contribution in [1.82, 2.24) is 9.97 Å². The number of aryl methyl sites for hydroxylation is 1. The molecule has 0 atom stereocenters. The van der Waals surface area contributed by atoms with Crippen LogP contribution in [0.4, 0.5) is 0 Å². The molecule has 0 amide bonds. The first-order chi connectivity index (χ1) is 18.2. The summed E-state index contributed by atoms with van der Waals surface area (Å²) in [4.78, 5) is 32.0. The fourth-order valence-corrected chi connectivity index (χ4v) is 4.71. The smallest absolute Gasteiger partial charge is 0.372 e. The quantitative estimate of drug-likeness (QED) is 0.139. The first-order valence-electron chi connectivity index (χ1n) is 11.9. The van der Waals surface area contributed by atoms with E-state index in [1.807, 2.05) is 32.1 Å². The summed E-state index contributed by atoms with van der Waals surface area (Å²) in [7, 11) is 1.51. The number of rotatable bonds is 8. The van der Waals surface area contributed by atoms with Crippen LogP contribution in [0.2, 0.25) is 0 Å². The number of hydrogen-bond acceptors (Lipinski definition) is 6. The van der Waals surface area contributed by atoms with Gasteiger partial charge in [0.25, 0.3) is 0 Å². The molecule has 0 bridgehead atoms. The van der Waals surface area contributed by atoms with Gasteiger partial charge in [-0.1, -0.05) is 23.8 Å². The molecule has 0 saturated heterocycles. The fraction of sp³-hybridized carbons (Fsp3) is 0.172. The average Bonchev–Trinajstić information content (AvgIpc) is 3.63. The fourth-order valence-electron chi connectivity index (χ4n) is 4.71. The van der Waals surface area contributed by atoms with Gasteiger partial charge in [0, 0.05) is 39.8 Å². The Balaban J connectivity index is 1.65. The number of carbonyl (C=O) groups excluding carboxylic acids is 1. The Morgan fingerprint density at radius 2 is 1.89 bits per heavy atom. The van der Waals surface area contributed by atoms with Gasteiger partial charge in [-0.05, 0) is 49.6 Å². The third kappa shape index (κ3) is 4.03. The molecule has 0 aliphatic rings. The number of aliphatic hydroxyl groups is 1. The highest BCUT2D eigenvalue weighted by Crippen LogP contribution is 2.43. The highest BCUT2D eigenvalue weighted by Gasteiger charge is 2.32. The monoisotopic (exact) mass is 514 g/mol. The van der Waals surface area contributed by atoms with Crippen LogP contribution >= 0.6 is 0 Å². The second kappa shape index (κ2) is 9.60. The van der Waals surface area contributed by atoms with E-state index in [0.717, 1.165) is 22.2 Å². The summed E-state index contributed by atoms with van der Waals surface area (Å²) in [5.74, 6) is -3.09. The topological polar surface area (TPSA) is 149 Å². The molecule has 5 rings (SSSR count). The Hall–Kier alpha value is -4.76. The number of aromatic carboxylic acids is 1. The largest absolute Gasteiger partial charge is 0.504 e. The number of furan rings is 1. The van der Waals surface area contributed by atoms with Crippen LogP contribution in [0.1, 0.15) is 44.7 Å². The second-order valence-electron chi connectivity index (χ2n) is 9.14. The van der Waals surface area contributed by atoms with Crippen molar-refractivity contribution in [2.45, 2.75) is 20.3 Å². The molecule has 0 spiro atoms. The van der Waals surface area contributed by atoms with Crippen LogP contribution in [0.5, 0.6) is 11.5 Å². The zero-order valence-corrected chi connectivity index (χ0v) is 21.0. The maximum atomic E-state index is 13.7. The van der Waals surface area contributed by atoms with E-state index in [9.17, 15) is 24.9 Å². The minimum atomic E-state index is -1.42. The van der Waals surface area contributed by atoms with Crippen molar-refractivity contribution in [3.63, 3.8) is 0 Å². The minimum Gasteiger partial charge on any atom is -0.504 e. The maximum absolute atomic E-state index is 13.7. The Kier molecular flexibility index (Phi) is 6.30. The number of ether oxygens (including phenoxy) is 1. The number of aromatic amines is 2. The molecule has 3 aromatic heterocycles. The Morgan fingerprint density at radius 3 is 2.61 bits per heavy atom. The third-order valence-corrected chi connectivity index (χ3v) is 6.74. The molecular weight excluding hydrogens is 488 g/mol. The lowest BCUT2D eigenvalue weighted by molar-refractivity contribution is 0.0661. The summed E-state index contributed by atoms with van der Waals surface area (Å²) in [6, 6.07) is 9.06. The van der Waals surface area contributed by atoms with E-state index in [0.29, 0.717) is 34.0 Å². The number of carbonyl (C=O) groups is 2. The van der Waals surface area contributed by atoms with E-state index < -0.39 is 29.0 Å². The number of H-pyrrole nitrogens is 2. The molecule has 0 aliphatic heterocycles. The number of nitrogens with one attached hydrogen (secondary N) is 2. The van der Waals surface area contributed by atoms with E-state index in [1.165, 1.54) is 13.3 Å². The molecule has 0 aliphatic carbocycles. The molecular formula is C29H26N2O7. The lowest BCUT2D eigenvalue weighted by Crippen LogP contribution is -2.00. The number of hydrogen-bond donors (Lipinski definition) is 5. The number of aromatic hydroxyl groups is 1. The summed E-state index contributed by atoms with van der Waals surface area (Å²) in [6.07, 6.45) is 5.54. The highest BCUT2D eigenvalue weighted by atomic mass is 16.5. The zero-order chi connectivity index (χ0) is 27.1. The predicted molar refractivity (Wildman–Crippen MR) is 142 cm³/mol. The van der Waals surface area contributed by atoms with E-state index >= 15 is 0 Å². The summed E-state index contributed by atoms with van der Waals surface area (Å²) in [5.41, 5.74) is 4.51. The normalized spacial score (nSPS) is 11.9. The summed E-state index contributed by atoms with van der Waals surface area (Å²) in [5, 5.41) is 31.6. The zero-order valence-electron chi connectivity index (χ0n) is 21.0. The lowest BCUT2D eigenvalue weighted by atomic mass is 9.98.